The quantitative estimate of drug-likeness (QED) is 0.837. The van der Waals surface area contributed by atoms with E-state index in [0.29, 0.717) is 13.1 Å². The van der Waals surface area contributed by atoms with Crippen LogP contribution in [0.3, 0.4) is 0 Å². The van der Waals surface area contributed by atoms with Crippen LogP contribution in [0.1, 0.15) is 24.8 Å². The fourth-order valence-corrected chi connectivity index (χ4v) is 2.51. The number of hydrogen-bond donors (Lipinski definition) is 2. The summed E-state index contributed by atoms with van der Waals surface area (Å²) < 4.78 is 0. The van der Waals surface area contributed by atoms with Gasteiger partial charge >= 0.3 is 0 Å². The lowest BCUT2D eigenvalue weighted by molar-refractivity contribution is -0.123. The normalized spacial score (nSPS) is 20.2. The molecule has 1 saturated heterocycles. The Bertz CT molecular complexity index is 394. The van der Waals surface area contributed by atoms with Crippen LogP contribution < -0.4 is 5.32 Å². The standard InChI is InChI=1S/C15H22N2O2/c18-12-14-8-4-5-9-17(14)11-15(19)16-10-13-6-2-1-3-7-13/h1-3,6-7,14,18H,4-5,8-12H2,(H,16,19)/t14-/m1/s1. The van der Waals surface area contributed by atoms with Gasteiger partial charge in [-0.25, -0.2) is 0 Å². The minimum absolute atomic E-state index is 0.0317. The van der Waals surface area contributed by atoms with E-state index in [1.165, 1.54) is 0 Å². The topological polar surface area (TPSA) is 52.6 Å². The van der Waals surface area contributed by atoms with Gasteiger partial charge in [0, 0.05) is 12.6 Å². The van der Waals surface area contributed by atoms with Crippen molar-refractivity contribution in [2.75, 3.05) is 19.7 Å². The fraction of sp³-hybridized carbons (Fsp3) is 0.533. The van der Waals surface area contributed by atoms with Crippen LogP contribution in [0.4, 0.5) is 0 Å². The highest BCUT2D eigenvalue weighted by Gasteiger charge is 2.23. The average Bonchev–Trinajstić information content (AvgIpc) is 2.47. The number of rotatable bonds is 5. The first-order chi connectivity index (χ1) is 9.29. The largest absolute Gasteiger partial charge is 0.395 e. The average molecular weight is 262 g/mol. The molecule has 104 valence electrons. The lowest BCUT2D eigenvalue weighted by Crippen LogP contribution is -2.46. The molecule has 0 aliphatic carbocycles. The first kappa shape index (κ1) is 14.0. The Balaban J connectivity index is 1.77. The molecule has 1 fully saturated rings. The molecule has 2 rings (SSSR count). The van der Waals surface area contributed by atoms with Gasteiger partial charge in [-0.15, -0.1) is 0 Å². The van der Waals surface area contributed by atoms with E-state index in [0.717, 1.165) is 31.4 Å². The molecule has 0 saturated carbocycles. The van der Waals surface area contributed by atoms with Gasteiger partial charge in [0.15, 0.2) is 0 Å². The maximum atomic E-state index is 11.9. The van der Waals surface area contributed by atoms with E-state index in [9.17, 15) is 9.90 Å². The van der Waals surface area contributed by atoms with Gasteiger partial charge in [0.1, 0.15) is 0 Å². The second kappa shape index (κ2) is 7.26. The molecule has 2 N–H and O–H groups in total. The fourth-order valence-electron chi connectivity index (χ4n) is 2.51. The van der Waals surface area contributed by atoms with Crippen molar-refractivity contribution < 1.29 is 9.90 Å². The summed E-state index contributed by atoms with van der Waals surface area (Å²) in [5.41, 5.74) is 1.10. The van der Waals surface area contributed by atoms with E-state index in [1.807, 2.05) is 30.3 Å². The molecule has 1 amide bonds. The molecule has 0 radical (unpaired) electrons. The number of nitrogens with one attached hydrogen (secondary N) is 1. The predicted octanol–water partition coefficient (Wildman–Crippen LogP) is 1.15. The van der Waals surface area contributed by atoms with Gasteiger partial charge in [-0.3, -0.25) is 9.69 Å². The van der Waals surface area contributed by atoms with E-state index < -0.39 is 0 Å². The number of carbonyl (C=O) groups excluding carboxylic acids is 1. The smallest absolute Gasteiger partial charge is 0.234 e. The van der Waals surface area contributed by atoms with Crippen molar-refractivity contribution in [2.45, 2.75) is 31.8 Å². The summed E-state index contributed by atoms with van der Waals surface area (Å²) in [6.45, 7) is 2.01. The van der Waals surface area contributed by atoms with Crippen LogP contribution in [-0.4, -0.2) is 41.7 Å². The number of piperidine rings is 1. The van der Waals surface area contributed by atoms with Crippen molar-refractivity contribution >= 4 is 5.91 Å². The number of nitrogens with zero attached hydrogens (tertiary/aromatic N) is 1. The summed E-state index contributed by atoms with van der Waals surface area (Å²) in [5.74, 6) is 0.0317. The van der Waals surface area contributed by atoms with Gasteiger partial charge in [0.25, 0.3) is 0 Å². The lowest BCUT2D eigenvalue weighted by atomic mass is 10.0. The summed E-state index contributed by atoms with van der Waals surface area (Å²) in [6.07, 6.45) is 3.25. The number of benzene rings is 1. The highest BCUT2D eigenvalue weighted by atomic mass is 16.3. The highest BCUT2D eigenvalue weighted by Crippen LogP contribution is 2.15. The third-order valence-corrected chi connectivity index (χ3v) is 3.64. The number of aliphatic hydroxyl groups excluding tert-OH is 1. The van der Waals surface area contributed by atoms with Crippen molar-refractivity contribution in [1.29, 1.82) is 0 Å². The van der Waals surface area contributed by atoms with Crippen LogP contribution in [-0.2, 0) is 11.3 Å². The summed E-state index contributed by atoms with van der Waals surface area (Å²) in [7, 11) is 0. The molecule has 0 aromatic heterocycles. The molecule has 0 bridgehead atoms. The predicted molar refractivity (Wildman–Crippen MR) is 74.6 cm³/mol. The van der Waals surface area contributed by atoms with Crippen LogP contribution in [0.5, 0.6) is 0 Å². The van der Waals surface area contributed by atoms with E-state index in [2.05, 4.69) is 10.2 Å². The minimum Gasteiger partial charge on any atom is -0.395 e. The van der Waals surface area contributed by atoms with Gasteiger partial charge < -0.3 is 10.4 Å². The zero-order chi connectivity index (χ0) is 13.5. The van der Waals surface area contributed by atoms with Gasteiger partial charge in [-0.1, -0.05) is 36.8 Å². The zero-order valence-electron chi connectivity index (χ0n) is 11.2. The second-order valence-corrected chi connectivity index (χ2v) is 5.06. The van der Waals surface area contributed by atoms with Crippen molar-refractivity contribution in [3.05, 3.63) is 35.9 Å². The first-order valence-corrected chi connectivity index (χ1v) is 6.95. The van der Waals surface area contributed by atoms with Crippen LogP contribution >= 0.6 is 0 Å². The summed E-state index contributed by atoms with van der Waals surface area (Å²) >= 11 is 0. The monoisotopic (exact) mass is 262 g/mol. The van der Waals surface area contributed by atoms with Crippen molar-refractivity contribution in [3.63, 3.8) is 0 Å². The second-order valence-electron chi connectivity index (χ2n) is 5.06. The first-order valence-electron chi connectivity index (χ1n) is 6.95. The van der Waals surface area contributed by atoms with Gasteiger partial charge in [0.05, 0.1) is 13.2 Å². The summed E-state index contributed by atoms with van der Waals surface area (Å²) in [4.78, 5) is 14.0. The van der Waals surface area contributed by atoms with E-state index >= 15 is 0 Å². The van der Waals surface area contributed by atoms with Crippen molar-refractivity contribution in [2.24, 2.45) is 0 Å². The zero-order valence-corrected chi connectivity index (χ0v) is 11.2. The molecule has 1 atom stereocenters. The lowest BCUT2D eigenvalue weighted by Gasteiger charge is -2.33. The Morgan fingerprint density at radius 2 is 2.11 bits per heavy atom. The van der Waals surface area contributed by atoms with Crippen LogP contribution in [0.15, 0.2) is 30.3 Å². The molecule has 1 aliphatic heterocycles. The van der Waals surface area contributed by atoms with E-state index in [1.54, 1.807) is 0 Å². The number of carbonyl (C=O) groups is 1. The molecule has 1 aromatic carbocycles. The number of amides is 1. The SMILES string of the molecule is O=C(CN1CCCC[C@@H]1CO)NCc1ccccc1. The Morgan fingerprint density at radius 3 is 2.84 bits per heavy atom. The molecule has 1 aromatic rings. The number of aliphatic hydroxyl groups is 1. The number of likely N-dealkylation sites (tertiary alicyclic amines) is 1. The molecule has 19 heavy (non-hydrogen) atoms. The molecular formula is C15H22N2O2. The molecule has 0 unspecified atom stereocenters. The molecule has 4 heteroatoms. The van der Waals surface area contributed by atoms with Gasteiger partial charge in [-0.05, 0) is 24.9 Å². The third kappa shape index (κ3) is 4.33. The third-order valence-electron chi connectivity index (χ3n) is 3.64. The summed E-state index contributed by atoms with van der Waals surface area (Å²) in [6, 6.07) is 10.0. The summed E-state index contributed by atoms with van der Waals surface area (Å²) in [5, 5.41) is 12.2. The Labute approximate surface area is 114 Å². The van der Waals surface area contributed by atoms with Crippen LogP contribution in [0.25, 0.3) is 0 Å². The van der Waals surface area contributed by atoms with E-state index in [-0.39, 0.29) is 18.6 Å². The molecule has 1 heterocycles. The van der Waals surface area contributed by atoms with Crippen LogP contribution in [0.2, 0.25) is 0 Å². The molecule has 4 nitrogen and oxygen atoms in total. The molecule has 1 aliphatic rings. The van der Waals surface area contributed by atoms with Crippen molar-refractivity contribution in [1.82, 2.24) is 10.2 Å². The van der Waals surface area contributed by atoms with Gasteiger partial charge in [-0.2, -0.15) is 0 Å². The van der Waals surface area contributed by atoms with E-state index in [4.69, 9.17) is 0 Å². The Kier molecular flexibility index (Phi) is 5.36. The van der Waals surface area contributed by atoms with Gasteiger partial charge in [0.2, 0.25) is 5.91 Å². The van der Waals surface area contributed by atoms with Crippen molar-refractivity contribution in [3.8, 4) is 0 Å². The Hall–Kier alpha value is -1.39. The Morgan fingerprint density at radius 1 is 1.32 bits per heavy atom. The maximum absolute atomic E-state index is 11.9. The van der Waals surface area contributed by atoms with Crippen LogP contribution in [0, 0.1) is 0 Å². The minimum atomic E-state index is 0.0317. The molecular weight excluding hydrogens is 240 g/mol. The maximum Gasteiger partial charge on any atom is 0.234 e. The molecule has 0 spiro atoms. The number of hydrogen-bond acceptors (Lipinski definition) is 3. The highest BCUT2D eigenvalue weighted by molar-refractivity contribution is 5.78.